The normalized spacial score (nSPS) is 11.1. The lowest BCUT2D eigenvalue weighted by Gasteiger charge is -2.12. The minimum absolute atomic E-state index is 0.0442. The van der Waals surface area contributed by atoms with Crippen LogP contribution in [0.1, 0.15) is 12.5 Å². The monoisotopic (exact) mass is 353 g/mol. The van der Waals surface area contributed by atoms with Crippen molar-refractivity contribution in [2.75, 3.05) is 15.8 Å². The molecule has 0 aliphatic carbocycles. The van der Waals surface area contributed by atoms with E-state index in [2.05, 4.69) is 10.0 Å². The highest BCUT2D eigenvalue weighted by atomic mass is 35.5. The van der Waals surface area contributed by atoms with Crippen molar-refractivity contribution in [3.05, 3.63) is 47.0 Å². The van der Waals surface area contributed by atoms with Crippen molar-refractivity contribution in [3.8, 4) is 0 Å². The van der Waals surface area contributed by atoms with E-state index < -0.39 is 10.0 Å². The van der Waals surface area contributed by atoms with E-state index in [1.54, 1.807) is 13.0 Å². The van der Waals surface area contributed by atoms with Crippen LogP contribution in [0.5, 0.6) is 0 Å². The van der Waals surface area contributed by atoms with Gasteiger partial charge in [0, 0.05) is 17.6 Å². The fourth-order valence-corrected chi connectivity index (χ4v) is 3.16. The van der Waals surface area contributed by atoms with Gasteiger partial charge in [0.15, 0.2) is 0 Å². The van der Waals surface area contributed by atoms with Crippen molar-refractivity contribution in [1.82, 2.24) is 0 Å². The summed E-state index contributed by atoms with van der Waals surface area (Å²) in [5.41, 5.74) is 7.58. The zero-order valence-corrected chi connectivity index (χ0v) is 14.1. The Bertz CT molecular complexity index is 849. The zero-order valence-electron chi connectivity index (χ0n) is 12.6. The molecule has 0 aliphatic rings. The third-order valence-electron chi connectivity index (χ3n) is 3.06. The first-order chi connectivity index (χ1) is 10.7. The third kappa shape index (κ3) is 4.14. The molecule has 0 saturated heterocycles. The molecule has 23 heavy (non-hydrogen) atoms. The van der Waals surface area contributed by atoms with Crippen LogP contribution in [-0.4, -0.2) is 14.3 Å². The Kier molecular flexibility index (Phi) is 4.82. The zero-order chi connectivity index (χ0) is 17.2. The number of carbonyl (C=O) groups excluding carboxylic acids is 1. The van der Waals surface area contributed by atoms with Crippen molar-refractivity contribution in [2.45, 2.75) is 18.7 Å². The van der Waals surface area contributed by atoms with E-state index in [1.807, 2.05) is 0 Å². The molecule has 0 aliphatic heterocycles. The molecule has 4 N–H and O–H groups in total. The standard InChI is InChI=1S/C15H16ClN3O3S/c1-9-7-14(17)15(8-13(9)16)19-23(21,22)12-5-3-11(4-6-12)18-10(2)20/h3-8,19H,17H2,1-2H3,(H,18,20). The topological polar surface area (TPSA) is 101 Å². The number of nitrogens with one attached hydrogen (secondary N) is 2. The second kappa shape index (κ2) is 6.47. The lowest BCUT2D eigenvalue weighted by atomic mass is 10.2. The Morgan fingerprint density at radius 1 is 1.17 bits per heavy atom. The van der Waals surface area contributed by atoms with Crippen LogP contribution in [0.2, 0.25) is 5.02 Å². The Morgan fingerprint density at radius 2 is 1.78 bits per heavy atom. The van der Waals surface area contributed by atoms with Crippen LogP contribution in [0.15, 0.2) is 41.3 Å². The summed E-state index contributed by atoms with van der Waals surface area (Å²) in [7, 11) is -3.81. The van der Waals surface area contributed by atoms with Crippen LogP contribution in [0.3, 0.4) is 0 Å². The van der Waals surface area contributed by atoms with Crippen molar-refractivity contribution in [3.63, 3.8) is 0 Å². The lowest BCUT2D eigenvalue weighted by molar-refractivity contribution is -0.114. The van der Waals surface area contributed by atoms with Gasteiger partial charge in [-0.05, 0) is 48.9 Å². The maximum Gasteiger partial charge on any atom is 0.261 e. The number of nitrogens with two attached hydrogens (primary N) is 1. The van der Waals surface area contributed by atoms with Crippen LogP contribution >= 0.6 is 11.6 Å². The Morgan fingerprint density at radius 3 is 2.35 bits per heavy atom. The number of nitrogen functional groups attached to an aromatic ring is 1. The molecule has 0 saturated carbocycles. The summed E-state index contributed by atoms with van der Waals surface area (Å²) in [6.07, 6.45) is 0. The van der Waals surface area contributed by atoms with Crippen LogP contribution in [0.25, 0.3) is 0 Å². The second-order valence-electron chi connectivity index (χ2n) is 5.00. The average Bonchev–Trinajstić information content (AvgIpc) is 2.44. The number of hydrogen-bond acceptors (Lipinski definition) is 4. The number of carbonyl (C=O) groups is 1. The molecule has 0 spiro atoms. The molecule has 0 fully saturated rings. The summed E-state index contributed by atoms with van der Waals surface area (Å²) in [4.78, 5) is 11.0. The van der Waals surface area contributed by atoms with E-state index in [4.69, 9.17) is 17.3 Å². The van der Waals surface area contributed by atoms with E-state index in [9.17, 15) is 13.2 Å². The first kappa shape index (κ1) is 17.1. The van der Waals surface area contributed by atoms with Gasteiger partial charge in [-0.1, -0.05) is 11.6 Å². The van der Waals surface area contributed by atoms with E-state index >= 15 is 0 Å². The van der Waals surface area contributed by atoms with Crippen LogP contribution < -0.4 is 15.8 Å². The Balaban J connectivity index is 2.28. The van der Waals surface area contributed by atoms with E-state index in [0.717, 1.165) is 5.56 Å². The van der Waals surface area contributed by atoms with Gasteiger partial charge in [-0.15, -0.1) is 0 Å². The number of rotatable bonds is 4. The molecule has 0 bridgehead atoms. The largest absolute Gasteiger partial charge is 0.397 e. The highest BCUT2D eigenvalue weighted by Crippen LogP contribution is 2.29. The number of amides is 1. The van der Waals surface area contributed by atoms with E-state index in [1.165, 1.54) is 37.3 Å². The van der Waals surface area contributed by atoms with Gasteiger partial charge in [0.2, 0.25) is 5.91 Å². The molecule has 122 valence electrons. The van der Waals surface area contributed by atoms with E-state index in [0.29, 0.717) is 10.7 Å². The predicted molar refractivity (Wildman–Crippen MR) is 92.2 cm³/mol. The smallest absolute Gasteiger partial charge is 0.261 e. The van der Waals surface area contributed by atoms with Crippen LogP contribution in [-0.2, 0) is 14.8 Å². The summed E-state index contributed by atoms with van der Waals surface area (Å²) < 4.78 is 27.2. The summed E-state index contributed by atoms with van der Waals surface area (Å²) in [6.45, 7) is 3.15. The fraction of sp³-hybridized carbons (Fsp3) is 0.133. The van der Waals surface area contributed by atoms with Gasteiger partial charge in [-0.3, -0.25) is 9.52 Å². The van der Waals surface area contributed by atoms with Crippen LogP contribution in [0, 0.1) is 6.92 Å². The molecular formula is C15H16ClN3O3S. The van der Waals surface area contributed by atoms with Gasteiger partial charge in [0.1, 0.15) is 0 Å². The van der Waals surface area contributed by atoms with Gasteiger partial charge < -0.3 is 11.1 Å². The fourth-order valence-electron chi connectivity index (χ4n) is 1.92. The Labute approximate surface area is 139 Å². The molecular weight excluding hydrogens is 338 g/mol. The highest BCUT2D eigenvalue weighted by molar-refractivity contribution is 7.92. The molecule has 0 aromatic heterocycles. The number of benzene rings is 2. The Hall–Kier alpha value is -2.25. The average molecular weight is 354 g/mol. The van der Waals surface area contributed by atoms with Gasteiger partial charge in [0.05, 0.1) is 16.3 Å². The minimum atomic E-state index is -3.81. The van der Waals surface area contributed by atoms with Gasteiger partial charge in [-0.25, -0.2) is 8.42 Å². The molecule has 6 nitrogen and oxygen atoms in total. The summed E-state index contributed by atoms with van der Waals surface area (Å²) in [5, 5.41) is 2.98. The minimum Gasteiger partial charge on any atom is -0.397 e. The second-order valence-corrected chi connectivity index (χ2v) is 7.09. The molecule has 0 atom stereocenters. The van der Waals surface area contributed by atoms with Crippen molar-refractivity contribution >= 4 is 44.6 Å². The molecule has 2 aromatic rings. The molecule has 1 amide bonds. The maximum atomic E-state index is 12.4. The summed E-state index contributed by atoms with van der Waals surface area (Å²) in [6, 6.07) is 8.84. The first-order valence-corrected chi connectivity index (χ1v) is 8.51. The van der Waals surface area contributed by atoms with Crippen molar-refractivity contribution in [2.24, 2.45) is 0 Å². The van der Waals surface area contributed by atoms with Gasteiger partial charge in [-0.2, -0.15) is 0 Å². The molecule has 2 aromatic carbocycles. The van der Waals surface area contributed by atoms with Gasteiger partial charge in [0.25, 0.3) is 10.0 Å². The molecule has 0 heterocycles. The number of hydrogen-bond donors (Lipinski definition) is 3. The van der Waals surface area contributed by atoms with Crippen molar-refractivity contribution < 1.29 is 13.2 Å². The number of anilines is 3. The predicted octanol–water partition coefficient (Wildman–Crippen LogP) is 2.99. The SMILES string of the molecule is CC(=O)Nc1ccc(S(=O)(=O)Nc2cc(Cl)c(C)cc2N)cc1. The number of halogens is 1. The molecule has 2 rings (SSSR count). The quantitative estimate of drug-likeness (QED) is 0.735. The summed E-state index contributed by atoms with van der Waals surface area (Å²) in [5.74, 6) is -0.235. The van der Waals surface area contributed by atoms with E-state index in [-0.39, 0.29) is 22.2 Å². The first-order valence-electron chi connectivity index (χ1n) is 6.65. The maximum absolute atomic E-state index is 12.4. The summed E-state index contributed by atoms with van der Waals surface area (Å²) >= 11 is 6.00. The molecule has 8 heteroatoms. The molecule has 0 unspecified atom stereocenters. The third-order valence-corrected chi connectivity index (χ3v) is 4.85. The van der Waals surface area contributed by atoms with Gasteiger partial charge >= 0.3 is 0 Å². The van der Waals surface area contributed by atoms with Crippen LogP contribution in [0.4, 0.5) is 17.1 Å². The highest BCUT2D eigenvalue weighted by Gasteiger charge is 2.16. The molecule has 0 radical (unpaired) electrons. The number of sulfonamides is 1. The van der Waals surface area contributed by atoms with Crippen molar-refractivity contribution in [1.29, 1.82) is 0 Å². The lowest BCUT2D eigenvalue weighted by Crippen LogP contribution is -2.14. The number of aryl methyl sites for hydroxylation is 1.